The number of amides is 2. The monoisotopic (exact) mass is 334 g/mol. The topological polar surface area (TPSA) is 67.4 Å². The molecule has 0 aliphatic carbocycles. The molecule has 0 radical (unpaired) electrons. The molecule has 0 unspecified atom stereocenters. The molecule has 126 valence electrons. The second-order valence-corrected chi connectivity index (χ2v) is 5.67. The number of ether oxygens (including phenoxy) is 1. The molecular formula is C20H18N2O3. The van der Waals surface area contributed by atoms with Gasteiger partial charge in [0.2, 0.25) is 0 Å². The molecule has 0 aliphatic rings. The van der Waals surface area contributed by atoms with E-state index in [1.807, 2.05) is 49.4 Å². The Hall–Kier alpha value is -3.34. The normalized spacial score (nSPS) is 10.3. The van der Waals surface area contributed by atoms with Gasteiger partial charge in [0, 0.05) is 5.56 Å². The van der Waals surface area contributed by atoms with Crippen LogP contribution in [-0.4, -0.2) is 18.4 Å². The molecule has 3 rings (SSSR count). The summed E-state index contributed by atoms with van der Waals surface area (Å²) in [5, 5.41) is 2.14. The van der Waals surface area contributed by atoms with Gasteiger partial charge >= 0.3 is 0 Å². The zero-order valence-corrected chi connectivity index (χ0v) is 13.8. The summed E-state index contributed by atoms with van der Waals surface area (Å²) in [4.78, 5) is 23.8. The predicted octanol–water partition coefficient (Wildman–Crippen LogP) is 2.99. The van der Waals surface area contributed by atoms with Crippen LogP contribution in [0.5, 0.6) is 5.75 Å². The highest BCUT2D eigenvalue weighted by Crippen LogP contribution is 2.20. The van der Waals surface area contributed by atoms with Crippen LogP contribution in [0, 0.1) is 6.92 Å². The average Bonchev–Trinajstić information content (AvgIpc) is 2.64. The molecule has 0 atom stereocenters. The first-order valence-electron chi connectivity index (χ1n) is 7.89. The number of rotatable bonds is 4. The van der Waals surface area contributed by atoms with Crippen LogP contribution in [-0.2, 0) is 4.79 Å². The summed E-state index contributed by atoms with van der Waals surface area (Å²) in [5.74, 6) is -0.212. The van der Waals surface area contributed by atoms with Crippen molar-refractivity contribution < 1.29 is 14.3 Å². The molecular weight excluding hydrogens is 316 g/mol. The number of hydrogen-bond donors (Lipinski definition) is 2. The van der Waals surface area contributed by atoms with Crippen molar-refractivity contribution in [3.63, 3.8) is 0 Å². The highest BCUT2D eigenvalue weighted by atomic mass is 16.5. The molecule has 3 aromatic carbocycles. The van der Waals surface area contributed by atoms with Gasteiger partial charge in [0.15, 0.2) is 6.61 Å². The summed E-state index contributed by atoms with van der Waals surface area (Å²) in [5.41, 5.74) is 6.17. The zero-order valence-electron chi connectivity index (χ0n) is 13.8. The second-order valence-electron chi connectivity index (χ2n) is 5.67. The fourth-order valence-corrected chi connectivity index (χ4v) is 2.43. The van der Waals surface area contributed by atoms with Gasteiger partial charge in [-0.05, 0) is 42.0 Å². The average molecular weight is 334 g/mol. The van der Waals surface area contributed by atoms with E-state index in [0.717, 1.165) is 16.3 Å². The van der Waals surface area contributed by atoms with Gasteiger partial charge in [-0.1, -0.05) is 48.0 Å². The minimum Gasteiger partial charge on any atom is -0.484 e. The van der Waals surface area contributed by atoms with Crippen LogP contribution in [0.4, 0.5) is 0 Å². The second kappa shape index (κ2) is 7.49. The van der Waals surface area contributed by atoms with Crippen LogP contribution in [0.15, 0.2) is 66.7 Å². The first kappa shape index (κ1) is 16.5. The standard InChI is InChI=1S/C20H18N2O3/c1-14-5-4-8-17(11-14)20(24)22-21-19(23)13-25-18-10-9-15-6-2-3-7-16(15)12-18/h2-12H,13H2,1H3,(H,21,23)(H,22,24). The van der Waals surface area contributed by atoms with Gasteiger partial charge < -0.3 is 4.74 Å². The van der Waals surface area contributed by atoms with E-state index in [0.29, 0.717) is 11.3 Å². The fraction of sp³-hybridized carbons (Fsp3) is 0.100. The Balaban J connectivity index is 1.51. The Labute approximate surface area is 145 Å². The quantitative estimate of drug-likeness (QED) is 0.721. The fourth-order valence-electron chi connectivity index (χ4n) is 2.43. The summed E-state index contributed by atoms with van der Waals surface area (Å²) in [6, 6.07) is 20.6. The maximum Gasteiger partial charge on any atom is 0.276 e. The number of benzene rings is 3. The van der Waals surface area contributed by atoms with Crippen LogP contribution in [0.25, 0.3) is 10.8 Å². The van der Waals surface area contributed by atoms with Gasteiger partial charge in [0.25, 0.3) is 11.8 Å². The third-order valence-corrected chi connectivity index (χ3v) is 3.69. The van der Waals surface area contributed by atoms with Crippen molar-refractivity contribution in [1.82, 2.24) is 10.9 Å². The Morgan fingerprint density at radius 2 is 1.68 bits per heavy atom. The molecule has 0 fully saturated rings. The number of hydrogen-bond acceptors (Lipinski definition) is 3. The summed E-state index contributed by atoms with van der Waals surface area (Å²) in [7, 11) is 0. The van der Waals surface area contributed by atoms with Gasteiger partial charge in [-0.15, -0.1) is 0 Å². The maximum atomic E-state index is 12.0. The van der Waals surface area contributed by atoms with Crippen LogP contribution in [0.2, 0.25) is 0 Å². The smallest absolute Gasteiger partial charge is 0.276 e. The van der Waals surface area contributed by atoms with Crippen molar-refractivity contribution in [2.24, 2.45) is 0 Å². The lowest BCUT2D eigenvalue weighted by Crippen LogP contribution is -2.43. The van der Waals surface area contributed by atoms with Crippen LogP contribution in [0.3, 0.4) is 0 Å². The lowest BCUT2D eigenvalue weighted by atomic mass is 10.1. The number of aryl methyl sites for hydroxylation is 1. The van der Waals surface area contributed by atoms with E-state index in [1.54, 1.807) is 24.3 Å². The highest BCUT2D eigenvalue weighted by molar-refractivity contribution is 5.95. The summed E-state index contributed by atoms with van der Waals surface area (Å²) >= 11 is 0. The number of carbonyl (C=O) groups excluding carboxylic acids is 2. The molecule has 0 aliphatic heterocycles. The lowest BCUT2D eigenvalue weighted by molar-refractivity contribution is -0.123. The molecule has 0 saturated heterocycles. The van der Waals surface area contributed by atoms with E-state index in [1.165, 1.54) is 0 Å². The molecule has 3 aromatic rings. The molecule has 0 heterocycles. The lowest BCUT2D eigenvalue weighted by Gasteiger charge is -2.09. The molecule has 5 heteroatoms. The summed E-state index contributed by atoms with van der Waals surface area (Å²) in [6.45, 7) is 1.71. The molecule has 0 spiro atoms. The van der Waals surface area contributed by atoms with Crippen molar-refractivity contribution in [2.45, 2.75) is 6.92 Å². The van der Waals surface area contributed by atoms with E-state index >= 15 is 0 Å². The molecule has 0 saturated carbocycles. The van der Waals surface area contributed by atoms with Gasteiger partial charge in [-0.2, -0.15) is 0 Å². The van der Waals surface area contributed by atoms with Crippen molar-refractivity contribution in [3.8, 4) is 5.75 Å². The van der Waals surface area contributed by atoms with Crippen molar-refractivity contribution >= 4 is 22.6 Å². The number of hydrazine groups is 1. The van der Waals surface area contributed by atoms with E-state index < -0.39 is 5.91 Å². The molecule has 2 N–H and O–H groups in total. The third kappa shape index (κ3) is 4.35. The van der Waals surface area contributed by atoms with Crippen LogP contribution >= 0.6 is 0 Å². The van der Waals surface area contributed by atoms with Crippen LogP contribution in [0.1, 0.15) is 15.9 Å². The van der Waals surface area contributed by atoms with Crippen molar-refractivity contribution in [2.75, 3.05) is 6.61 Å². The number of fused-ring (bicyclic) bond motifs is 1. The van der Waals surface area contributed by atoms with Crippen molar-refractivity contribution in [1.29, 1.82) is 0 Å². The third-order valence-electron chi connectivity index (χ3n) is 3.69. The van der Waals surface area contributed by atoms with Gasteiger partial charge in [-0.25, -0.2) is 0 Å². The first-order valence-corrected chi connectivity index (χ1v) is 7.89. The van der Waals surface area contributed by atoms with E-state index in [2.05, 4.69) is 10.9 Å². The van der Waals surface area contributed by atoms with Gasteiger partial charge in [0.05, 0.1) is 0 Å². The molecule has 25 heavy (non-hydrogen) atoms. The maximum absolute atomic E-state index is 12.0. The van der Waals surface area contributed by atoms with E-state index in [-0.39, 0.29) is 12.5 Å². The summed E-state index contributed by atoms with van der Waals surface area (Å²) in [6.07, 6.45) is 0. The Bertz CT molecular complexity index is 921. The van der Waals surface area contributed by atoms with Gasteiger partial charge in [-0.3, -0.25) is 20.4 Å². The van der Waals surface area contributed by atoms with E-state index in [4.69, 9.17) is 4.74 Å². The Kier molecular flexibility index (Phi) is 4.95. The number of carbonyl (C=O) groups is 2. The Morgan fingerprint density at radius 1 is 0.880 bits per heavy atom. The predicted molar refractivity (Wildman–Crippen MR) is 96.2 cm³/mol. The molecule has 2 amide bonds. The molecule has 0 aromatic heterocycles. The minimum absolute atomic E-state index is 0.188. The molecule has 0 bridgehead atoms. The van der Waals surface area contributed by atoms with E-state index in [9.17, 15) is 9.59 Å². The first-order chi connectivity index (χ1) is 12.1. The van der Waals surface area contributed by atoms with Crippen molar-refractivity contribution in [3.05, 3.63) is 77.9 Å². The Morgan fingerprint density at radius 3 is 2.48 bits per heavy atom. The zero-order chi connectivity index (χ0) is 17.6. The SMILES string of the molecule is Cc1cccc(C(=O)NNC(=O)COc2ccc3ccccc3c2)c1. The number of nitrogens with one attached hydrogen (secondary N) is 2. The van der Waals surface area contributed by atoms with Crippen LogP contribution < -0.4 is 15.6 Å². The summed E-state index contributed by atoms with van der Waals surface area (Å²) < 4.78 is 5.47. The minimum atomic E-state index is -0.436. The molecule has 5 nitrogen and oxygen atoms in total. The largest absolute Gasteiger partial charge is 0.484 e. The highest BCUT2D eigenvalue weighted by Gasteiger charge is 2.08. The van der Waals surface area contributed by atoms with Gasteiger partial charge in [0.1, 0.15) is 5.75 Å².